The molecule has 21 heavy (non-hydrogen) atoms. The van der Waals surface area contributed by atoms with Crippen molar-refractivity contribution in [1.82, 2.24) is 4.83 Å². The van der Waals surface area contributed by atoms with E-state index in [0.29, 0.717) is 0 Å². The third-order valence-corrected chi connectivity index (χ3v) is 3.93. The van der Waals surface area contributed by atoms with Crippen LogP contribution in [0.5, 0.6) is 0 Å². The van der Waals surface area contributed by atoms with Gasteiger partial charge in [-0.2, -0.15) is 13.5 Å². The van der Waals surface area contributed by atoms with Crippen LogP contribution in [-0.2, 0) is 10.0 Å². The number of allylic oxidation sites excluding steroid dienone is 1. The van der Waals surface area contributed by atoms with Gasteiger partial charge < -0.3 is 0 Å². The molecule has 1 N–H and O–H groups in total. The van der Waals surface area contributed by atoms with E-state index in [4.69, 9.17) is 0 Å². The molecule has 2 aromatic carbocycles. The lowest BCUT2D eigenvalue weighted by Gasteiger charge is -2.02. The van der Waals surface area contributed by atoms with Crippen LogP contribution in [-0.4, -0.2) is 14.6 Å². The molecule has 2 aromatic rings. The molecule has 0 aromatic heterocycles. The molecule has 0 spiro atoms. The van der Waals surface area contributed by atoms with Gasteiger partial charge in [0.1, 0.15) is 0 Å². The molecule has 108 valence electrons. The van der Waals surface area contributed by atoms with E-state index in [1.807, 2.05) is 43.3 Å². The van der Waals surface area contributed by atoms with Gasteiger partial charge in [-0.15, -0.1) is 0 Å². The van der Waals surface area contributed by atoms with E-state index in [2.05, 4.69) is 9.93 Å². The van der Waals surface area contributed by atoms with E-state index >= 15 is 0 Å². The maximum atomic E-state index is 11.9. The Bertz CT molecular complexity index is 736. The lowest BCUT2D eigenvalue weighted by molar-refractivity contribution is 0.584. The molecule has 0 aliphatic carbocycles. The zero-order valence-electron chi connectivity index (χ0n) is 11.6. The third kappa shape index (κ3) is 4.57. The van der Waals surface area contributed by atoms with Crippen LogP contribution in [0, 0.1) is 0 Å². The topological polar surface area (TPSA) is 58.5 Å². The summed E-state index contributed by atoms with van der Waals surface area (Å²) in [7, 11) is -3.60. The Morgan fingerprint density at radius 3 is 2.19 bits per heavy atom. The molecular formula is C16H16N2O2S. The second kappa shape index (κ2) is 6.85. The lowest BCUT2D eigenvalue weighted by atomic mass is 10.1. The Morgan fingerprint density at radius 2 is 1.57 bits per heavy atom. The summed E-state index contributed by atoms with van der Waals surface area (Å²) in [6.07, 6.45) is 3.40. The number of hydrogen-bond acceptors (Lipinski definition) is 3. The molecule has 0 amide bonds. The Labute approximate surface area is 124 Å². The van der Waals surface area contributed by atoms with Crippen molar-refractivity contribution in [2.45, 2.75) is 11.8 Å². The maximum Gasteiger partial charge on any atom is 0.276 e. The Morgan fingerprint density at radius 1 is 1.00 bits per heavy atom. The van der Waals surface area contributed by atoms with Gasteiger partial charge in [0, 0.05) is 0 Å². The predicted octanol–water partition coefficient (Wildman–Crippen LogP) is 3.05. The minimum absolute atomic E-state index is 0.187. The monoisotopic (exact) mass is 300 g/mol. The zero-order valence-corrected chi connectivity index (χ0v) is 12.4. The third-order valence-electron chi connectivity index (χ3n) is 2.69. The van der Waals surface area contributed by atoms with Gasteiger partial charge in [-0.1, -0.05) is 54.6 Å². The number of hydrazone groups is 1. The summed E-state index contributed by atoms with van der Waals surface area (Å²) in [6.45, 7) is 1.85. The van der Waals surface area contributed by atoms with Crippen molar-refractivity contribution < 1.29 is 8.42 Å². The van der Waals surface area contributed by atoms with Gasteiger partial charge in [-0.25, -0.2) is 4.83 Å². The molecule has 0 atom stereocenters. The number of benzene rings is 2. The zero-order chi connectivity index (χ0) is 15.1. The van der Waals surface area contributed by atoms with Crippen LogP contribution in [0.25, 0.3) is 6.08 Å². The van der Waals surface area contributed by atoms with Crippen LogP contribution in [0.15, 0.2) is 76.2 Å². The summed E-state index contributed by atoms with van der Waals surface area (Å²) in [6, 6.07) is 17.9. The summed E-state index contributed by atoms with van der Waals surface area (Å²) in [5.74, 6) is 0. The van der Waals surface area contributed by atoms with Crippen molar-refractivity contribution >= 4 is 22.3 Å². The van der Waals surface area contributed by atoms with Crippen molar-refractivity contribution in [3.05, 3.63) is 71.8 Å². The molecule has 0 unspecified atom stereocenters. The van der Waals surface area contributed by atoms with Crippen LogP contribution in [0.4, 0.5) is 0 Å². The van der Waals surface area contributed by atoms with Gasteiger partial charge >= 0.3 is 0 Å². The molecule has 0 saturated heterocycles. The molecule has 0 fully saturated rings. The highest BCUT2D eigenvalue weighted by molar-refractivity contribution is 7.89. The van der Waals surface area contributed by atoms with Crippen molar-refractivity contribution in [3.8, 4) is 0 Å². The molecule has 0 saturated carbocycles. The molecule has 2 rings (SSSR count). The van der Waals surface area contributed by atoms with Crippen LogP contribution in [0.1, 0.15) is 12.5 Å². The Kier molecular flexibility index (Phi) is 4.90. The maximum absolute atomic E-state index is 11.9. The molecule has 0 bridgehead atoms. The standard InChI is InChI=1S/C16H16N2O2S/c1-14(12-15-8-4-2-5-9-15)13-17-18-21(19,20)16-10-6-3-7-11-16/h2-13,18H,1H3. The van der Waals surface area contributed by atoms with E-state index in [-0.39, 0.29) is 4.90 Å². The lowest BCUT2D eigenvalue weighted by Crippen LogP contribution is -2.18. The van der Waals surface area contributed by atoms with E-state index in [0.717, 1.165) is 11.1 Å². The van der Waals surface area contributed by atoms with Gasteiger partial charge in [0.15, 0.2) is 0 Å². The van der Waals surface area contributed by atoms with Gasteiger partial charge in [0.25, 0.3) is 10.0 Å². The minimum Gasteiger partial charge on any atom is -0.200 e. The SMILES string of the molecule is CC(C=NNS(=O)(=O)c1ccccc1)=Cc1ccccc1. The van der Waals surface area contributed by atoms with E-state index < -0.39 is 10.0 Å². The average molecular weight is 300 g/mol. The summed E-state index contributed by atoms with van der Waals surface area (Å²) >= 11 is 0. The van der Waals surface area contributed by atoms with Gasteiger partial charge in [0.05, 0.1) is 11.1 Å². The fourth-order valence-electron chi connectivity index (χ4n) is 1.70. The highest BCUT2D eigenvalue weighted by Crippen LogP contribution is 2.07. The summed E-state index contributed by atoms with van der Waals surface area (Å²) < 4.78 is 23.9. The van der Waals surface area contributed by atoms with E-state index in [1.165, 1.54) is 18.3 Å². The van der Waals surface area contributed by atoms with Crippen molar-refractivity contribution in [3.63, 3.8) is 0 Å². The fourth-order valence-corrected chi connectivity index (χ4v) is 2.51. The molecular weight excluding hydrogens is 284 g/mol. The normalized spacial score (nSPS) is 12.5. The summed E-state index contributed by atoms with van der Waals surface area (Å²) in [5.41, 5.74) is 1.88. The number of hydrogen-bond donors (Lipinski definition) is 1. The molecule has 4 nitrogen and oxygen atoms in total. The first-order chi connectivity index (χ1) is 10.1. The van der Waals surface area contributed by atoms with E-state index in [1.54, 1.807) is 18.2 Å². The highest BCUT2D eigenvalue weighted by Gasteiger charge is 2.10. The van der Waals surface area contributed by atoms with Crippen LogP contribution < -0.4 is 4.83 Å². The average Bonchev–Trinajstić information content (AvgIpc) is 2.49. The second-order valence-corrected chi connectivity index (χ2v) is 6.13. The second-order valence-electron chi connectivity index (χ2n) is 4.47. The number of nitrogens with zero attached hydrogens (tertiary/aromatic N) is 1. The summed E-state index contributed by atoms with van der Waals surface area (Å²) in [5, 5.41) is 3.78. The van der Waals surface area contributed by atoms with Gasteiger partial charge in [0.2, 0.25) is 0 Å². The molecule has 0 heterocycles. The highest BCUT2D eigenvalue weighted by atomic mass is 32.2. The van der Waals surface area contributed by atoms with Gasteiger partial charge in [-0.3, -0.25) is 0 Å². The molecule has 0 radical (unpaired) electrons. The smallest absolute Gasteiger partial charge is 0.200 e. The van der Waals surface area contributed by atoms with Gasteiger partial charge in [-0.05, 0) is 30.2 Å². The van der Waals surface area contributed by atoms with Crippen LogP contribution in [0.2, 0.25) is 0 Å². The van der Waals surface area contributed by atoms with Crippen molar-refractivity contribution in [2.75, 3.05) is 0 Å². The number of rotatable bonds is 5. The van der Waals surface area contributed by atoms with Crippen LogP contribution in [0.3, 0.4) is 0 Å². The molecule has 0 aliphatic heterocycles. The first-order valence-electron chi connectivity index (χ1n) is 6.41. The molecule has 5 heteroatoms. The first-order valence-corrected chi connectivity index (χ1v) is 7.89. The largest absolute Gasteiger partial charge is 0.276 e. The van der Waals surface area contributed by atoms with E-state index in [9.17, 15) is 8.42 Å². The number of sulfonamides is 1. The fraction of sp³-hybridized carbons (Fsp3) is 0.0625. The number of nitrogens with one attached hydrogen (secondary N) is 1. The first kappa shape index (κ1) is 15.0. The minimum atomic E-state index is -3.60. The predicted molar refractivity (Wildman–Crippen MR) is 85.3 cm³/mol. The molecule has 0 aliphatic rings. The quantitative estimate of drug-likeness (QED) is 0.681. The summed E-state index contributed by atoms with van der Waals surface area (Å²) in [4.78, 5) is 2.38. The van der Waals surface area contributed by atoms with Crippen LogP contribution >= 0.6 is 0 Å². The van der Waals surface area contributed by atoms with Crippen molar-refractivity contribution in [2.24, 2.45) is 5.10 Å². The van der Waals surface area contributed by atoms with Crippen molar-refractivity contribution in [1.29, 1.82) is 0 Å². The Balaban J connectivity index is 2.04. The Hall–Kier alpha value is -2.40.